The van der Waals surface area contributed by atoms with Crippen molar-refractivity contribution in [2.24, 2.45) is 0 Å². The number of carbonyl (C=O) groups is 1. The van der Waals surface area contributed by atoms with E-state index >= 15 is 0 Å². The molecule has 1 aliphatic heterocycles. The van der Waals surface area contributed by atoms with Crippen LogP contribution in [0.5, 0.6) is 5.75 Å². The Kier molecular flexibility index (Phi) is 3.77. The lowest BCUT2D eigenvalue weighted by molar-refractivity contribution is 0.0950. The molecule has 3 rings (SSSR count). The average Bonchev–Trinajstić information content (AvgIpc) is 3.01. The van der Waals surface area contributed by atoms with E-state index in [-0.39, 0.29) is 5.91 Å². The largest absolute Gasteiger partial charge is 0.497 e. The standard InChI is InChI=1S/C17H18N2O2/c1-21-13-5-2-4-12(10-13)11-19-17(20)15-6-3-7-16-14(15)8-9-18-16/h2-7,10,18H,8-9,11H2,1H3,(H,19,20). The Hall–Kier alpha value is -2.49. The molecule has 108 valence electrons. The third kappa shape index (κ3) is 2.84. The Balaban J connectivity index is 1.71. The lowest BCUT2D eigenvalue weighted by atomic mass is 10.0. The molecule has 2 aromatic carbocycles. The molecule has 0 bridgehead atoms. The van der Waals surface area contributed by atoms with Crippen molar-refractivity contribution in [3.05, 3.63) is 59.2 Å². The Morgan fingerprint density at radius 3 is 3.00 bits per heavy atom. The van der Waals surface area contributed by atoms with Crippen molar-refractivity contribution in [3.8, 4) is 5.75 Å². The lowest BCUT2D eigenvalue weighted by Gasteiger charge is -2.10. The van der Waals surface area contributed by atoms with Crippen molar-refractivity contribution in [2.45, 2.75) is 13.0 Å². The fraction of sp³-hybridized carbons (Fsp3) is 0.235. The maximum Gasteiger partial charge on any atom is 0.251 e. The first kappa shape index (κ1) is 13.5. The predicted molar refractivity (Wildman–Crippen MR) is 82.8 cm³/mol. The molecular weight excluding hydrogens is 264 g/mol. The van der Waals surface area contributed by atoms with Gasteiger partial charge >= 0.3 is 0 Å². The molecule has 0 radical (unpaired) electrons. The first-order valence-corrected chi connectivity index (χ1v) is 7.05. The number of amides is 1. The molecule has 2 N–H and O–H groups in total. The maximum atomic E-state index is 12.4. The molecule has 2 aromatic rings. The molecule has 0 aromatic heterocycles. The molecule has 1 heterocycles. The highest BCUT2D eigenvalue weighted by atomic mass is 16.5. The summed E-state index contributed by atoms with van der Waals surface area (Å²) >= 11 is 0. The van der Waals surface area contributed by atoms with Gasteiger partial charge in [-0.1, -0.05) is 18.2 Å². The van der Waals surface area contributed by atoms with Gasteiger partial charge < -0.3 is 15.4 Å². The molecule has 1 amide bonds. The number of methoxy groups -OCH3 is 1. The van der Waals surface area contributed by atoms with Crippen LogP contribution in [0.1, 0.15) is 21.5 Å². The fourth-order valence-corrected chi connectivity index (χ4v) is 2.62. The summed E-state index contributed by atoms with van der Waals surface area (Å²) in [6.07, 6.45) is 0.901. The topological polar surface area (TPSA) is 50.4 Å². The van der Waals surface area contributed by atoms with Gasteiger partial charge in [-0.2, -0.15) is 0 Å². The summed E-state index contributed by atoms with van der Waals surface area (Å²) in [5, 5.41) is 6.26. The number of nitrogens with one attached hydrogen (secondary N) is 2. The molecule has 0 atom stereocenters. The fourth-order valence-electron chi connectivity index (χ4n) is 2.62. The van der Waals surface area contributed by atoms with Gasteiger partial charge in [0.1, 0.15) is 5.75 Å². The van der Waals surface area contributed by atoms with Crippen LogP contribution in [0.3, 0.4) is 0 Å². The van der Waals surface area contributed by atoms with Crippen LogP contribution < -0.4 is 15.4 Å². The number of fused-ring (bicyclic) bond motifs is 1. The van der Waals surface area contributed by atoms with E-state index in [1.165, 1.54) is 0 Å². The van der Waals surface area contributed by atoms with Gasteiger partial charge in [0.15, 0.2) is 0 Å². The monoisotopic (exact) mass is 282 g/mol. The Labute approximate surface area is 124 Å². The van der Waals surface area contributed by atoms with Crippen LogP contribution in [0.4, 0.5) is 5.69 Å². The van der Waals surface area contributed by atoms with Crippen molar-refractivity contribution >= 4 is 11.6 Å². The van der Waals surface area contributed by atoms with E-state index < -0.39 is 0 Å². The minimum Gasteiger partial charge on any atom is -0.497 e. The Morgan fingerprint density at radius 2 is 2.14 bits per heavy atom. The van der Waals surface area contributed by atoms with Crippen LogP contribution in [0.15, 0.2) is 42.5 Å². The Bertz CT molecular complexity index is 668. The zero-order valence-electron chi connectivity index (χ0n) is 12.0. The quantitative estimate of drug-likeness (QED) is 0.906. The minimum absolute atomic E-state index is 0.0293. The van der Waals surface area contributed by atoms with Crippen molar-refractivity contribution in [1.82, 2.24) is 5.32 Å². The molecule has 1 aliphatic rings. The summed E-state index contributed by atoms with van der Waals surface area (Å²) in [7, 11) is 1.64. The van der Waals surface area contributed by atoms with E-state index in [1.54, 1.807) is 7.11 Å². The van der Waals surface area contributed by atoms with Gasteiger partial charge in [-0.05, 0) is 41.8 Å². The third-order valence-electron chi connectivity index (χ3n) is 3.70. The van der Waals surface area contributed by atoms with E-state index in [0.717, 1.165) is 41.1 Å². The SMILES string of the molecule is COc1cccc(CNC(=O)c2cccc3c2CCN3)c1. The predicted octanol–water partition coefficient (Wildman–Crippen LogP) is 2.59. The molecule has 0 saturated heterocycles. The number of hydrogen-bond acceptors (Lipinski definition) is 3. The van der Waals surface area contributed by atoms with Crippen LogP contribution in [0, 0.1) is 0 Å². The molecule has 0 saturated carbocycles. The van der Waals surface area contributed by atoms with Crippen molar-refractivity contribution < 1.29 is 9.53 Å². The molecule has 4 nitrogen and oxygen atoms in total. The zero-order valence-corrected chi connectivity index (χ0v) is 12.0. The molecule has 0 spiro atoms. The van der Waals surface area contributed by atoms with Crippen LogP contribution in [-0.2, 0) is 13.0 Å². The smallest absolute Gasteiger partial charge is 0.251 e. The lowest BCUT2D eigenvalue weighted by Crippen LogP contribution is -2.23. The summed E-state index contributed by atoms with van der Waals surface area (Å²) in [5.41, 5.74) is 3.97. The number of hydrogen-bond donors (Lipinski definition) is 2. The van der Waals surface area contributed by atoms with E-state index in [2.05, 4.69) is 10.6 Å². The molecule has 4 heteroatoms. The van der Waals surface area contributed by atoms with E-state index in [4.69, 9.17) is 4.74 Å². The number of benzene rings is 2. The van der Waals surface area contributed by atoms with Gasteiger partial charge in [0.25, 0.3) is 5.91 Å². The third-order valence-corrected chi connectivity index (χ3v) is 3.70. The molecule has 21 heavy (non-hydrogen) atoms. The van der Waals surface area contributed by atoms with Crippen LogP contribution in [-0.4, -0.2) is 19.6 Å². The van der Waals surface area contributed by atoms with Gasteiger partial charge in [0, 0.05) is 24.3 Å². The average molecular weight is 282 g/mol. The second-order valence-corrected chi connectivity index (χ2v) is 5.04. The van der Waals surface area contributed by atoms with Gasteiger partial charge in [-0.25, -0.2) is 0 Å². The molecule has 0 unspecified atom stereocenters. The van der Waals surface area contributed by atoms with Crippen molar-refractivity contribution in [1.29, 1.82) is 0 Å². The summed E-state index contributed by atoms with van der Waals surface area (Å²) in [5.74, 6) is 0.768. The van der Waals surface area contributed by atoms with E-state index in [0.29, 0.717) is 6.54 Å². The summed E-state index contributed by atoms with van der Waals surface area (Å²) in [6, 6.07) is 13.5. The van der Waals surface area contributed by atoms with Gasteiger partial charge in [0.2, 0.25) is 0 Å². The highest BCUT2D eigenvalue weighted by molar-refractivity contribution is 5.97. The number of anilines is 1. The van der Waals surface area contributed by atoms with Gasteiger partial charge in [-0.3, -0.25) is 4.79 Å². The normalized spacial score (nSPS) is 12.4. The van der Waals surface area contributed by atoms with Crippen molar-refractivity contribution in [3.63, 3.8) is 0 Å². The highest BCUT2D eigenvalue weighted by Crippen LogP contribution is 2.25. The number of carbonyl (C=O) groups excluding carboxylic acids is 1. The van der Waals surface area contributed by atoms with Crippen LogP contribution in [0.25, 0.3) is 0 Å². The van der Waals surface area contributed by atoms with E-state index in [1.807, 2.05) is 42.5 Å². The second-order valence-electron chi connectivity index (χ2n) is 5.04. The van der Waals surface area contributed by atoms with Crippen molar-refractivity contribution in [2.75, 3.05) is 19.0 Å². The summed E-state index contributed by atoms with van der Waals surface area (Å²) < 4.78 is 5.19. The maximum absolute atomic E-state index is 12.4. The first-order chi connectivity index (χ1) is 10.3. The Morgan fingerprint density at radius 1 is 1.29 bits per heavy atom. The van der Waals surface area contributed by atoms with Crippen LogP contribution in [0.2, 0.25) is 0 Å². The van der Waals surface area contributed by atoms with Crippen LogP contribution >= 0.6 is 0 Å². The summed E-state index contributed by atoms with van der Waals surface area (Å²) in [6.45, 7) is 1.39. The van der Waals surface area contributed by atoms with E-state index in [9.17, 15) is 4.79 Å². The molecule has 0 aliphatic carbocycles. The molecular formula is C17H18N2O2. The molecule has 0 fully saturated rings. The van der Waals surface area contributed by atoms with Gasteiger partial charge in [-0.15, -0.1) is 0 Å². The number of rotatable bonds is 4. The first-order valence-electron chi connectivity index (χ1n) is 7.05. The summed E-state index contributed by atoms with van der Waals surface area (Å²) in [4.78, 5) is 12.4. The second kappa shape index (κ2) is 5.87. The highest BCUT2D eigenvalue weighted by Gasteiger charge is 2.18. The minimum atomic E-state index is -0.0293. The zero-order chi connectivity index (χ0) is 14.7. The number of ether oxygens (including phenoxy) is 1. The van der Waals surface area contributed by atoms with Gasteiger partial charge in [0.05, 0.1) is 7.11 Å².